The summed E-state index contributed by atoms with van der Waals surface area (Å²) in [5, 5.41) is 0.0952. The highest BCUT2D eigenvalue weighted by atomic mass is 79.9. The highest BCUT2D eigenvalue weighted by Crippen LogP contribution is 2.19. The molecule has 0 fully saturated rings. The zero-order chi connectivity index (χ0) is 11.3. The summed E-state index contributed by atoms with van der Waals surface area (Å²) in [5.74, 6) is 0.372. The largest absolute Gasteiger partial charge is 0.288 e. The van der Waals surface area contributed by atoms with Crippen LogP contribution in [-0.2, 0) is 4.79 Å². The van der Waals surface area contributed by atoms with Crippen LogP contribution < -0.4 is 0 Å². The summed E-state index contributed by atoms with van der Waals surface area (Å²) >= 11 is 4.51. The quantitative estimate of drug-likeness (QED) is 0.840. The molecule has 0 bridgehead atoms. The van der Waals surface area contributed by atoms with Crippen LogP contribution in [0.15, 0.2) is 28.7 Å². The van der Waals surface area contributed by atoms with Gasteiger partial charge in [0.25, 0.3) is 0 Å². The van der Waals surface area contributed by atoms with E-state index >= 15 is 0 Å². The summed E-state index contributed by atoms with van der Waals surface area (Å²) < 4.78 is 13.5. The van der Waals surface area contributed by atoms with E-state index in [4.69, 9.17) is 0 Å². The first-order valence-corrected chi connectivity index (χ1v) is 6.12. The summed E-state index contributed by atoms with van der Waals surface area (Å²) in [5.41, 5.74) is 0.903. The van der Waals surface area contributed by atoms with E-state index in [9.17, 15) is 9.18 Å². The first-order valence-electron chi connectivity index (χ1n) is 4.34. The van der Waals surface area contributed by atoms with Crippen molar-refractivity contribution in [1.82, 2.24) is 0 Å². The van der Waals surface area contributed by atoms with E-state index in [2.05, 4.69) is 15.9 Å². The maximum atomic E-state index is 12.7. The Labute approximate surface area is 101 Å². The van der Waals surface area contributed by atoms with Crippen LogP contribution in [-0.4, -0.2) is 10.9 Å². The first kappa shape index (κ1) is 12.5. The van der Waals surface area contributed by atoms with Crippen LogP contribution >= 0.6 is 27.7 Å². The highest BCUT2D eigenvalue weighted by molar-refractivity contribution is 9.10. The Bertz CT molecular complexity index is 390. The monoisotopic (exact) mass is 288 g/mol. The molecule has 80 valence electrons. The van der Waals surface area contributed by atoms with Gasteiger partial charge in [-0.2, -0.15) is 0 Å². The van der Waals surface area contributed by atoms with Gasteiger partial charge in [0.1, 0.15) is 5.82 Å². The summed E-state index contributed by atoms with van der Waals surface area (Å²) in [7, 11) is 0. The van der Waals surface area contributed by atoms with Crippen molar-refractivity contribution in [3.63, 3.8) is 0 Å². The van der Waals surface area contributed by atoms with Gasteiger partial charge in [-0.05, 0) is 17.7 Å². The number of hydrogen-bond donors (Lipinski definition) is 0. The summed E-state index contributed by atoms with van der Waals surface area (Å²) in [6.07, 6.45) is 3.74. The molecule has 0 radical (unpaired) electrons. The molecule has 0 atom stereocenters. The molecule has 0 spiro atoms. The molecule has 0 aliphatic heterocycles. The van der Waals surface area contributed by atoms with Crippen LogP contribution in [0, 0.1) is 5.82 Å². The zero-order valence-corrected chi connectivity index (χ0v) is 10.6. The fourth-order valence-electron chi connectivity index (χ4n) is 0.977. The molecule has 1 aromatic carbocycles. The Morgan fingerprint density at radius 2 is 2.33 bits per heavy atom. The predicted molar refractivity (Wildman–Crippen MR) is 66.3 cm³/mol. The molecule has 0 saturated heterocycles. The molecule has 1 rings (SSSR count). The zero-order valence-electron chi connectivity index (χ0n) is 8.17. The van der Waals surface area contributed by atoms with Crippen LogP contribution in [0.3, 0.4) is 0 Å². The minimum Gasteiger partial charge on any atom is -0.288 e. The summed E-state index contributed by atoms with van der Waals surface area (Å²) in [6.45, 7) is 1.53. The van der Waals surface area contributed by atoms with E-state index in [1.165, 1.54) is 30.8 Å². The molecule has 1 nitrogen and oxygen atoms in total. The molecule has 0 unspecified atom stereocenters. The fourth-order valence-corrected chi connectivity index (χ4v) is 1.89. The van der Waals surface area contributed by atoms with Crippen molar-refractivity contribution < 1.29 is 9.18 Å². The van der Waals surface area contributed by atoms with Crippen molar-refractivity contribution in [2.75, 3.05) is 5.75 Å². The Balaban J connectivity index is 2.60. The lowest BCUT2D eigenvalue weighted by molar-refractivity contribution is -0.109. The highest BCUT2D eigenvalue weighted by Gasteiger charge is 1.97. The average molecular weight is 289 g/mol. The topological polar surface area (TPSA) is 17.1 Å². The van der Waals surface area contributed by atoms with Crippen molar-refractivity contribution in [1.29, 1.82) is 0 Å². The van der Waals surface area contributed by atoms with Gasteiger partial charge in [0, 0.05) is 17.1 Å². The van der Waals surface area contributed by atoms with Gasteiger partial charge < -0.3 is 0 Å². The van der Waals surface area contributed by atoms with Crippen LogP contribution in [0.25, 0.3) is 6.08 Å². The third-order valence-electron chi connectivity index (χ3n) is 1.64. The molecule has 4 heteroatoms. The maximum absolute atomic E-state index is 12.7. The van der Waals surface area contributed by atoms with Crippen LogP contribution in [0.2, 0.25) is 0 Å². The smallest absolute Gasteiger partial charge is 0.186 e. The number of hydrogen-bond acceptors (Lipinski definition) is 2. The van der Waals surface area contributed by atoms with Gasteiger partial charge >= 0.3 is 0 Å². The average Bonchev–Trinajstić information content (AvgIpc) is 2.14. The predicted octanol–water partition coefficient (Wildman–Crippen LogP) is 3.88. The maximum Gasteiger partial charge on any atom is 0.186 e. The molecule has 0 aliphatic carbocycles. The second-order valence-corrected chi connectivity index (χ2v) is 4.92. The lowest BCUT2D eigenvalue weighted by Gasteiger charge is -1.97. The van der Waals surface area contributed by atoms with Crippen LogP contribution in [0.5, 0.6) is 0 Å². The van der Waals surface area contributed by atoms with E-state index in [0.29, 0.717) is 10.2 Å². The number of benzene rings is 1. The number of carbonyl (C=O) groups is 1. The number of rotatable bonds is 3. The van der Waals surface area contributed by atoms with Crippen molar-refractivity contribution in [3.05, 3.63) is 40.1 Å². The lowest BCUT2D eigenvalue weighted by atomic mass is 10.2. The third-order valence-corrected chi connectivity index (χ3v) is 3.10. The van der Waals surface area contributed by atoms with Gasteiger partial charge in [-0.25, -0.2) is 4.39 Å². The third kappa shape index (κ3) is 4.62. The molecule has 0 aliphatic rings. The van der Waals surface area contributed by atoms with Gasteiger partial charge in [0.05, 0.1) is 0 Å². The first-order chi connectivity index (χ1) is 7.09. The van der Waals surface area contributed by atoms with Gasteiger partial charge in [-0.1, -0.05) is 45.9 Å². The molecule has 0 N–H and O–H groups in total. The van der Waals surface area contributed by atoms with E-state index in [-0.39, 0.29) is 10.9 Å². The number of halogens is 2. The molecular weight excluding hydrogens is 279 g/mol. The van der Waals surface area contributed by atoms with Crippen molar-refractivity contribution in [2.24, 2.45) is 0 Å². The molecular formula is C11H10BrFOS. The second kappa shape index (κ2) is 6.08. The summed E-state index contributed by atoms with van der Waals surface area (Å²) in [6, 6.07) is 4.51. The second-order valence-electron chi connectivity index (χ2n) is 2.87. The molecule has 0 heterocycles. The van der Waals surface area contributed by atoms with Crippen molar-refractivity contribution in [3.8, 4) is 0 Å². The normalized spacial score (nSPS) is 10.9. The van der Waals surface area contributed by atoms with Crippen molar-refractivity contribution in [2.45, 2.75) is 6.92 Å². The minimum atomic E-state index is -0.267. The van der Waals surface area contributed by atoms with E-state index in [1.54, 1.807) is 6.07 Å². The molecule has 15 heavy (non-hydrogen) atoms. The van der Waals surface area contributed by atoms with Gasteiger partial charge in [0.15, 0.2) is 5.12 Å². The number of thioether (sulfide) groups is 1. The molecule has 0 aromatic heterocycles. The van der Waals surface area contributed by atoms with Gasteiger partial charge in [-0.15, -0.1) is 0 Å². The Morgan fingerprint density at radius 3 is 2.93 bits per heavy atom. The Hall–Kier alpha value is -0.610. The van der Waals surface area contributed by atoms with Gasteiger partial charge in [-0.3, -0.25) is 4.79 Å². The molecule has 1 aromatic rings. The molecule has 0 amide bonds. The van der Waals surface area contributed by atoms with Crippen LogP contribution in [0.4, 0.5) is 4.39 Å². The SMILES string of the molecule is CC(=O)SCC=Cc1ccc(F)cc1Br. The lowest BCUT2D eigenvalue weighted by Crippen LogP contribution is -1.82. The Morgan fingerprint density at radius 1 is 1.60 bits per heavy atom. The van der Waals surface area contributed by atoms with Crippen LogP contribution in [0.1, 0.15) is 12.5 Å². The van der Waals surface area contributed by atoms with E-state index < -0.39 is 0 Å². The Kier molecular flexibility index (Phi) is 5.05. The van der Waals surface area contributed by atoms with E-state index in [0.717, 1.165) is 5.56 Å². The van der Waals surface area contributed by atoms with Crippen molar-refractivity contribution >= 4 is 38.9 Å². The standard InChI is InChI=1S/C11H10BrFOS/c1-8(14)15-6-2-3-9-4-5-10(13)7-11(9)12/h2-5,7H,6H2,1H3. The minimum absolute atomic E-state index is 0.0952. The molecule has 0 saturated carbocycles. The van der Waals surface area contributed by atoms with E-state index in [1.807, 2.05) is 12.2 Å². The summed E-state index contributed by atoms with van der Waals surface area (Å²) in [4.78, 5) is 10.6. The number of carbonyl (C=O) groups excluding carboxylic acids is 1. The van der Waals surface area contributed by atoms with Gasteiger partial charge in [0.2, 0.25) is 0 Å². The fraction of sp³-hybridized carbons (Fsp3) is 0.182.